The maximum atomic E-state index is 13.6. The Morgan fingerprint density at radius 1 is 1.00 bits per heavy atom. The van der Waals surface area contributed by atoms with Gasteiger partial charge in [0.15, 0.2) is 5.11 Å². The predicted molar refractivity (Wildman–Crippen MR) is 130 cm³/mol. The van der Waals surface area contributed by atoms with Crippen molar-refractivity contribution in [2.45, 2.75) is 19.0 Å². The highest BCUT2D eigenvalue weighted by molar-refractivity contribution is 7.80. The molecule has 5 rings (SSSR count). The van der Waals surface area contributed by atoms with Crippen molar-refractivity contribution in [2.24, 2.45) is 0 Å². The van der Waals surface area contributed by atoms with E-state index < -0.39 is 0 Å². The lowest BCUT2D eigenvalue weighted by atomic mass is 10.0. The Bertz CT molecular complexity index is 1270. The van der Waals surface area contributed by atoms with Gasteiger partial charge in [0.2, 0.25) is 0 Å². The van der Waals surface area contributed by atoms with E-state index in [-0.39, 0.29) is 17.9 Å². The van der Waals surface area contributed by atoms with Gasteiger partial charge in [-0.05, 0) is 91.4 Å². The van der Waals surface area contributed by atoms with E-state index in [1.165, 1.54) is 12.1 Å². The highest BCUT2D eigenvalue weighted by atomic mass is 35.5. The lowest BCUT2D eigenvalue weighted by molar-refractivity contribution is 0.549. The van der Waals surface area contributed by atoms with Crippen LogP contribution in [-0.4, -0.2) is 14.7 Å². The lowest BCUT2D eigenvalue weighted by Gasteiger charge is -2.29. The van der Waals surface area contributed by atoms with E-state index in [9.17, 15) is 4.39 Å². The molecule has 0 bridgehead atoms. The van der Waals surface area contributed by atoms with Crippen LogP contribution in [0.15, 0.2) is 85.2 Å². The summed E-state index contributed by atoms with van der Waals surface area (Å²) in [4.78, 5) is 6.62. The molecule has 1 N–H and O–H groups in total. The Hall–Kier alpha value is -3.22. The molecular formula is C25H20ClFN4S. The zero-order valence-electron chi connectivity index (χ0n) is 17.2. The fourth-order valence-corrected chi connectivity index (χ4v) is 4.65. The molecule has 7 heteroatoms. The van der Waals surface area contributed by atoms with Gasteiger partial charge in [0.1, 0.15) is 11.9 Å². The van der Waals surface area contributed by atoms with Crippen LogP contribution in [0.4, 0.5) is 10.1 Å². The first-order valence-corrected chi connectivity index (χ1v) is 11.0. The van der Waals surface area contributed by atoms with Crippen molar-refractivity contribution in [1.29, 1.82) is 0 Å². The fraction of sp³-hybridized carbons (Fsp3) is 0.120. The molecule has 1 saturated heterocycles. The van der Waals surface area contributed by atoms with Crippen LogP contribution in [0.25, 0.3) is 5.69 Å². The van der Waals surface area contributed by atoms with Crippen molar-refractivity contribution in [1.82, 2.24) is 14.9 Å². The first-order valence-electron chi connectivity index (χ1n) is 10.2. The third kappa shape index (κ3) is 3.66. The second-order valence-corrected chi connectivity index (χ2v) is 8.50. The van der Waals surface area contributed by atoms with Crippen LogP contribution in [0.3, 0.4) is 0 Å². The molecule has 0 aliphatic carbocycles. The molecular weight excluding hydrogens is 443 g/mol. The van der Waals surface area contributed by atoms with Crippen LogP contribution >= 0.6 is 23.8 Å². The molecule has 2 aromatic carbocycles. The third-order valence-electron chi connectivity index (χ3n) is 5.71. The molecule has 160 valence electrons. The average molecular weight is 463 g/mol. The fourth-order valence-electron chi connectivity index (χ4n) is 4.18. The number of aryl methyl sites for hydroxylation is 1. The number of anilines is 1. The first-order chi connectivity index (χ1) is 15.5. The van der Waals surface area contributed by atoms with Gasteiger partial charge < -0.3 is 14.8 Å². The molecule has 1 aliphatic rings. The Morgan fingerprint density at radius 3 is 2.50 bits per heavy atom. The van der Waals surface area contributed by atoms with E-state index in [1.54, 1.807) is 18.3 Å². The van der Waals surface area contributed by atoms with Crippen molar-refractivity contribution < 1.29 is 4.39 Å². The molecule has 0 amide bonds. The van der Waals surface area contributed by atoms with Crippen LogP contribution in [0.5, 0.6) is 0 Å². The Morgan fingerprint density at radius 2 is 1.78 bits per heavy atom. The van der Waals surface area contributed by atoms with Crippen molar-refractivity contribution >= 4 is 34.6 Å². The summed E-state index contributed by atoms with van der Waals surface area (Å²) in [5.41, 5.74) is 4.72. The monoisotopic (exact) mass is 462 g/mol. The number of halogens is 2. The van der Waals surface area contributed by atoms with E-state index in [2.05, 4.69) is 27.0 Å². The van der Waals surface area contributed by atoms with E-state index in [4.69, 9.17) is 23.8 Å². The topological polar surface area (TPSA) is 33.1 Å². The highest BCUT2D eigenvalue weighted by Gasteiger charge is 2.42. The standard InChI is InChI=1S/C25H20ClFN4S/c1-16-15-19(11-12-20(16)26)30-14-4-6-22(30)24-23(21-5-2-3-13-28-21)29-25(32)31(24)18-9-7-17(27)8-10-18/h2-15,23-24H,1H3,(H,29,32)/t23-,24+/m1/s1. The number of benzene rings is 2. The first kappa shape index (κ1) is 20.7. The molecule has 32 heavy (non-hydrogen) atoms. The van der Waals surface area contributed by atoms with Crippen LogP contribution < -0.4 is 10.2 Å². The molecule has 2 aromatic heterocycles. The van der Waals surface area contributed by atoms with Crippen molar-refractivity contribution in [3.63, 3.8) is 0 Å². The SMILES string of the molecule is Cc1cc(-n2cccc2[C@H]2[C@@H](c3ccccn3)NC(=S)N2c2ccc(F)cc2)ccc1Cl. The number of nitrogens with zero attached hydrogens (tertiary/aromatic N) is 3. The maximum Gasteiger partial charge on any atom is 0.174 e. The van der Waals surface area contributed by atoms with Crippen LogP contribution in [0.1, 0.15) is 29.0 Å². The van der Waals surface area contributed by atoms with Crippen LogP contribution in [0, 0.1) is 12.7 Å². The third-order valence-corrected chi connectivity index (χ3v) is 6.44. The normalized spacial score (nSPS) is 18.1. The van der Waals surface area contributed by atoms with Gasteiger partial charge >= 0.3 is 0 Å². The van der Waals surface area contributed by atoms with Crippen LogP contribution in [-0.2, 0) is 0 Å². The molecule has 2 atom stereocenters. The van der Waals surface area contributed by atoms with Gasteiger partial charge in [-0.25, -0.2) is 4.39 Å². The molecule has 0 saturated carbocycles. The lowest BCUT2D eigenvalue weighted by Crippen LogP contribution is -2.30. The molecule has 0 unspecified atom stereocenters. The van der Waals surface area contributed by atoms with E-state index >= 15 is 0 Å². The van der Waals surface area contributed by atoms with Gasteiger partial charge in [-0.3, -0.25) is 4.98 Å². The highest BCUT2D eigenvalue weighted by Crippen LogP contribution is 2.42. The van der Waals surface area contributed by atoms with E-state index in [0.29, 0.717) is 5.11 Å². The van der Waals surface area contributed by atoms with Crippen molar-refractivity contribution in [2.75, 3.05) is 4.90 Å². The minimum atomic E-state index is -0.287. The van der Waals surface area contributed by atoms with E-state index in [1.807, 2.05) is 54.4 Å². The van der Waals surface area contributed by atoms with Gasteiger partial charge in [-0.15, -0.1) is 0 Å². The number of rotatable bonds is 4. The zero-order chi connectivity index (χ0) is 22.2. The summed E-state index contributed by atoms with van der Waals surface area (Å²) in [6.45, 7) is 1.99. The number of aromatic nitrogens is 2. The van der Waals surface area contributed by atoms with Crippen molar-refractivity contribution in [3.8, 4) is 5.69 Å². The molecule has 0 spiro atoms. The molecule has 0 radical (unpaired) electrons. The molecule has 1 aliphatic heterocycles. The maximum absolute atomic E-state index is 13.6. The number of thiocarbonyl (C=S) groups is 1. The summed E-state index contributed by atoms with van der Waals surface area (Å²) in [6, 6.07) is 21.9. The zero-order valence-corrected chi connectivity index (χ0v) is 18.8. The van der Waals surface area contributed by atoms with Gasteiger partial charge in [0, 0.05) is 34.5 Å². The summed E-state index contributed by atoms with van der Waals surface area (Å²) in [7, 11) is 0. The number of hydrogen-bond acceptors (Lipinski definition) is 2. The molecule has 3 heterocycles. The number of hydrogen-bond donors (Lipinski definition) is 1. The summed E-state index contributed by atoms with van der Waals surface area (Å²) in [6.07, 6.45) is 3.80. The van der Waals surface area contributed by atoms with E-state index in [0.717, 1.165) is 33.3 Å². The average Bonchev–Trinajstić information content (AvgIpc) is 3.41. The van der Waals surface area contributed by atoms with Gasteiger partial charge in [0.25, 0.3) is 0 Å². The second kappa shape index (κ2) is 8.37. The van der Waals surface area contributed by atoms with Gasteiger partial charge in [-0.1, -0.05) is 17.7 Å². The molecule has 4 nitrogen and oxygen atoms in total. The number of pyridine rings is 1. The predicted octanol–water partition coefficient (Wildman–Crippen LogP) is 6.15. The quantitative estimate of drug-likeness (QED) is 0.369. The summed E-state index contributed by atoms with van der Waals surface area (Å²) < 4.78 is 15.8. The molecule has 1 fully saturated rings. The van der Waals surface area contributed by atoms with Crippen LogP contribution in [0.2, 0.25) is 5.02 Å². The minimum Gasteiger partial charge on any atom is -0.351 e. The Labute approximate surface area is 196 Å². The molecule has 4 aromatic rings. The minimum absolute atomic E-state index is 0.184. The smallest absolute Gasteiger partial charge is 0.174 e. The second-order valence-electron chi connectivity index (χ2n) is 7.71. The Balaban J connectivity index is 1.67. The Kier molecular flexibility index (Phi) is 5.41. The summed E-state index contributed by atoms with van der Waals surface area (Å²) in [5, 5.41) is 4.73. The number of nitrogens with one attached hydrogen (secondary N) is 1. The van der Waals surface area contributed by atoms with Crippen molar-refractivity contribution in [3.05, 3.63) is 113 Å². The van der Waals surface area contributed by atoms with Gasteiger partial charge in [-0.2, -0.15) is 0 Å². The largest absolute Gasteiger partial charge is 0.351 e. The summed E-state index contributed by atoms with van der Waals surface area (Å²) >= 11 is 12.0. The van der Waals surface area contributed by atoms with Gasteiger partial charge in [0.05, 0.1) is 11.7 Å². The summed E-state index contributed by atoms with van der Waals surface area (Å²) in [5.74, 6) is -0.287.